The largest absolute Gasteiger partial charge is 0.373 e. The summed E-state index contributed by atoms with van der Waals surface area (Å²) >= 11 is 0. The molecule has 0 radical (unpaired) electrons. The molecule has 1 unspecified atom stereocenters. The van der Waals surface area contributed by atoms with E-state index in [9.17, 15) is 8.42 Å². The summed E-state index contributed by atoms with van der Waals surface area (Å²) in [5.41, 5.74) is 0.705. The molecular weight excluding hydrogens is 328 g/mol. The number of aliphatic imine (C=N–C) groups is 1. The van der Waals surface area contributed by atoms with Crippen LogP contribution in [0, 0.1) is 0 Å². The summed E-state index contributed by atoms with van der Waals surface area (Å²) in [5, 5.41) is 6.45. The number of rotatable bonds is 6. The molecule has 0 bridgehead atoms. The lowest BCUT2D eigenvalue weighted by Gasteiger charge is -2.24. The van der Waals surface area contributed by atoms with Crippen molar-refractivity contribution in [3.63, 3.8) is 0 Å². The van der Waals surface area contributed by atoms with Gasteiger partial charge in [0.1, 0.15) is 0 Å². The predicted octanol–water partition coefficient (Wildman–Crippen LogP) is 0.829. The Morgan fingerprint density at radius 1 is 1.38 bits per heavy atom. The maximum Gasteiger partial charge on any atom is 0.240 e. The summed E-state index contributed by atoms with van der Waals surface area (Å²) in [5.74, 6) is 0.661. The second kappa shape index (κ2) is 7.96. The van der Waals surface area contributed by atoms with Crippen LogP contribution in [-0.2, 0) is 21.3 Å². The first-order valence-corrected chi connectivity index (χ1v) is 9.48. The molecule has 24 heavy (non-hydrogen) atoms. The van der Waals surface area contributed by atoms with Crippen LogP contribution in [0.25, 0.3) is 0 Å². The van der Waals surface area contributed by atoms with Crippen LogP contribution in [-0.4, -0.2) is 47.2 Å². The fourth-order valence-corrected chi connectivity index (χ4v) is 3.39. The van der Waals surface area contributed by atoms with E-state index >= 15 is 0 Å². The number of sulfonamides is 1. The topological polar surface area (TPSA) is 91.8 Å². The van der Waals surface area contributed by atoms with Gasteiger partial charge in [-0.3, -0.25) is 4.99 Å². The Hall–Kier alpha value is -1.64. The van der Waals surface area contributed by atoms with Gasteiger partial charge in [0.05, 0.1) is 10.5 Å². The zero-order valence-electron chi connectivity index (χ0n) is 14.4. The third-order valence-corrected chi connectivity index (χ3v) is 5.50. The van der Waals surface area contributed by atoms with Gasteiger partial charge in [-0.1, -0.05) is 12.1 Å². The van der Waals surface area contributed by atoms with Crippen molar-refractivity contribution in [3.05, 3.63) is 29.8 Å². The van der Waals surface area contributed by atoms with Gasteiger partial charge in [-0.25, -0.2) is 13.1 Å². The number of nitrogens with zero attached hydrogens (tertiary/aromatic N) is 1. The maximum atomic E-state index is 11.9. The van der Waals surface area contributed by atoms with Crippen LogP contribution in [0.4, 0.5) is 0 Å². The zero-order valence-corrected chi connectivity index (χ0v) is 15.2. The molecular formula is C16H26N4O3S. The molecule has 1 saturated heterocycles. The zero-order chi connectivity index (χ0) is 17.6. The first-order valence-electron chi connectivity index (χ1n) is 7.99. The Labute approximate surface area is 143 Å². The van der Waals surface area contributed by atoms with Gasteiger partial charge in [0.2, 0.25) is 10.0 Å². The molecule has 0 aliphatic carbocycles. The van der Waals surface area contributed by atoms with E-state index in [1.807, 2.05) is 6.07 Å². The Morgan fingerprint density at radius 3 is 2.79 bits per heavy atom. The summed E-state index contributed by atoms with van der Waals surface area (Å²) in [4.78, 5) is 4.44. The van der Waals surface area contributed by atoms with Crippen LogP contribution in [0.2, 0.25) is 0 Å². The normalized spacial score (nSPS) is 21.7. The molecule has 1 fully saturated rings. The molecule has 0 saturated carbocycles. The van der Waals surface area contributed by atoms with Crippen molar-refractivity contribution in [2.24, 2.45) is 4.99 Å². The number of nitrogens with one attached hydrogen (secondary N) is 3. The molecule has 1 heterocycles. The van der Waals surface area contributed by atoms with Gasteiger partial charge in [0.25, 0.3) is 0 Å². The molecule has 0 spiro atoms. The minimum atomic E-state index is -3.43. The average molecular weight is 354 g/mol. The predicted molar refractivity (Wildman–Crippen MR) is 94.5 cm³/mol. The van der Waals surface area contributed by atoms with Gasteiger partial charge in [-0.15, -0.1) is 0 Å². The second-order valence-corrected chi connectivity index (χ2v) is 7.92. The molecule has 3 N–H and O–H groups in total. The van der Waals surface area contributed by atoms with Crippen molar-refractivity contribution in [3.8, 4) is 0 Å². The number of hydrogen-bond acceptors (Lipinski definition) is 4. The van der Waals surface area contributed by atoms with Gasteiger partial charge in [-0.2, -0.15) is 0 Å². The SMILES string of the molecule is CN=C(NCc1cccc(S(=O)(=O)NC)c1)NCC1(C)CCCO1. The standard InChI is InChI=1S/C16H26N4O3S/c1-16(8-5-9-23-16)12-20-15(17-2)19-11-13-6-4-7-14(10-13)24(21,22)18-3/h4,6-7,10,18H,5,8-9,11-12H2,1-3H3,(H2,17,19,20). The second-order valence-electron chi connectivity index (χ2n) is 6.04. The molecule has 134 valence electrons. The third-order valence-electron chi connectivity index (χ3n) is 4.09. The first kappa shape index (κ1) is 18.7. The number of ether oxygens (including phenoxy) is 1. The van der Waals surface area contributed by atoms with E-state index < -0.39 is 10.0 Å². The Bertz CT molecular complexity index is 682. The number of benzene rings is 1. The Balaban J connectivity index is 1.92. The van der Waals surface area contributed by atoms with E-state index in [2.05, 4.69) is 27.3 Å². The van der Waals surface area contributed by atoms with E-state index in [-0.39, 0.29) is 10.5 Å². The van der Waals surface area contributed by atoms with E-state index in [0.29, 0.717) is 19.0 Å². The fraction of sp³-hybridized carbons (Fsp3) is 0.562. The summed E-state index contributed by atoms with van der Waals surface area (Å²) < 4.78 is 31.8. The Morgan fingerprint density at radius 2 is 2.17 bits per heavy atom. The highest BCUT2D eigenvalue weighted by molar-refractivity contribution is 7.89. The summed E-state index contributed by atoms with van der Waals surface area (Å²) in [6, 6.07) is 6.81. The third kappa shape index (κ3) is 4.93. The van der Waals surface area contributed by atoms with E-state index in [1.54, 1.807) is 25.2 Å². The van der Waals surface area contributed by atoms with Crippen LogP contribution in [0.5, 0.6) is 0 Å². The van der Waals surface area contributed by atoms with E-state index in [4.69, 9.17) is 4.74 Å². The van der Waals surface area contributed by atoms with Crippen molar-refractivity contribution in [1.29, 1.82) is 0 Å². The molecule has 8 heteroatoms. The maximum absolute atomic E-state index is 11.9. The minimum Gasteiger partial charge on any atom is -0.373 e. The molecule has 1 aliphatic rings. The van der Waals surface area contributed by atoms with Gasteiger partial charge >= 0.3 is 0 Å². The highest BCUT2D eigenvalue weighted by atomic mass is 32.2. The molecule has 1 atom stereocenters. The lowest BCUT2D eigenvalue weighted by molar-refractivity contribution is 0.0243. The summed E-state index contributed by atoms with van der Waals surface area (Å²) in [6.07, 6.45) is 2.11. The van der Waals surface area contributed by atoms with Gasteiger partial charge in [0, 0.05) is 26.7 Å². The van der Waals surface area contributed by atoms with Gasteiger partial charge in [-0.05, 0) is 44.5 Å². The van der Waals surface area contributed by atoms with Crippen molar-refractivity contribution in [2.45, 2.75) is 36.8 Å². The molecule has 7 nitrogen and oxygen atoms in total. The minimum absolute atomic E-state index is 0.154. The number of guanidine groups is 1. The lowest BCUT2D eigenvalue weighted by Crippen LogP contribution is -2.45. The van der Waals surface area contributed by atoms with Crippen LogP contribution in [0.1, 0.15) is 25.3 Å². The van der Waals surface area contributed by atoms with E-state index in [1.165, 1.54) is 7.05 Å². The van der Waals surface area contributed by atoms with Crippen molar-refractivity contribution < 1.29 is 13.2 Å². The molecule has 1 aromatic carbocycles. The summed E-state index contributed by atoms with van der Waals surface area (Å²) in [6.45, 7) is 4.05. The van der Waals surface area contributed by atoms with Crippen LogP contribution < -0.4 is 15.4 Å². The lowest BCUT2D eigenvalue weighted by atomic mass is 10.0. The molecule has 0 amide bonds. The van der Waals surface area contributed by atoms with Gasteiger partial charge in [0.15, 0.2) is 5.96 Å². The smallest absolute Gasteiger partial charge is 0.240 e. The van der Waals surface area contributed by atoms with Crippen molar-refractivity contribution in [1.82, 2.24) is 15.4 Å². The molecule has 1 aromatic rings. The summed E-state index contributed by atoms with van der Waals surface area (Å²) in [7, 11) is -0.330. The number of hydrogen-bond donors (Lipinski definition) is 3. The Kier molecular flexibility index (Phi) is 6.20. The highest BCUT2D eigenvalue weighted by Crippen LogP contribution is 2.23. The van der Waals surface area contributed by atoms with E-state index in [0.717, 1.165) is 25.0 Å². The molecule has 1 aliphatic heterocycles. The van der Waals surface area contributed by atoms with Crippen LogP contribution in [0.15, 0.2) is 34.2 Å². The molecule has 0 aromatic heterocycles. The average Bonchev–Trinajstić information content (AvgIpc) is 3.02. The van der Waals surface area contributed by atoms with Crippen LogP contribution in [0.3, 0.4) is 0 Å². The highest BCUT2D eigenvalue weighted by Gasteiger charge is 2.29. The molecule has 2 rings (SSSR count). The fourth-order valence-electron chi connectivity index (χ4n) is 2.59. The monoisotopic (exact) mass is 354 g/mol. The quantitative estimate of drug-likeness (QED) is 0.520. The van der Waals surface area contributed by atoms with Crippen LogP contribution >= 0.6 is 0 Å². The first-order chi connectivity index (χ1) is 11.4. The van der Waals surface area contributed by atoms with Crippen molar-refractivity contribution in [2.75, 3.05) is 27.2 Å². The van der Waals surface area contributed by atoms with Gasteiger partial charge < -0.3 is 15.4 Å². The van der Waals surface area contributed by atoms with Crippen molar-refractivity contribution >= 4 is 16.0 Å².